The second-order valence-corrected chi connectivity index (χ2v) is 8.51. The summed E-state index contributed by atoms with van der Waals surface area (Å²) in [4.78, 5) is 25.0. The SMILES string of the molecule is Cc1ccccc1NC(=O)CSc1ccc(NC(=O)CC(C)(C)C)cc1. The second kappa shape index (κ2) is 8.90. The van der Waals surface area contributed by atoms with Crippen molar-refractivity contribution >= 4 is 35.0 Å². The van der Waals surface area contributed by atoms with Gasteiger partial charge in [-0.2, -0.15) is 0 Å². The normalized spacial score (nSPS) is 11.1. The zero-order chi connectivity index (χ0) is 19.2. The lowest BCUT2D eigenvalue weighted by Crippen LogP contribution is -2.19. The molecular weight excluding hydrogens is 344 g/mol. The third-order valence-corrected chi connectivity index (χ3v) is 4.63. The van der Waals surface area contributed by atoms with Crippen LogP contribution in [-0.4, -0.2) is 17.6 Å². The van der Waals surface area contributed by atoms with Crippen LogP contribution >= 0.6 is 11.8 Å². The Morgan fingerprint density at radius 3 is 2.19 bits per heavy atom. The largest absolute Gasteiger partial charge is 0.326 e. The molecule has 0 aliphatic heterocycles. The Labute approximate surface area is 159 Å². The molecule has 4 nitrogen and oxygen atoms in total. The predicted molar refractivity (Wildman–Crippen MR) is 110 cm³/mol. The summed E-state index contributed by atoms with van der Waals surface area (Å²) in [5.41, 5.74) is 2.62. The summed E-state index contributed by atoms with van der Waals surface area (Å²) < 4.78 is 0. The summed E-state index contributed by atoms with van der Waals surface area (Å²) in [6.45, 7) is 8.08. The monoisotopic (exact) mass is 370 g/mol. The molecule has 2 N–H and O–H groups in total. The first-order valence-electron chi connectivity index (χ1n) is 8.61. The number of hydrogen-bond donors (Lipinski definition) is 2. The third-order valence-electron chi connectivity index (χ3n) is 3.62. The molecule has 0 unspecified atom stereocenters. The summed E-state index contributed by atoms with van der Waals surface area (Å²) in [6, 6.07) is 15.3. The van der Waals surface area contributed by atoms with Gasteiger partial charge in [-0.25, -0.2) is 0 Å². The van der Waals surface area contributed by atoms with Crippen molar-refractivity contribution in [1.82, 2.24) is 0 Å². The lowest BCUT2D eigenvalue weighted by molar-refractivity contribution is -0.118. The molecule has 0 aliphatic carbocycles. The molecule has 5 heteroatoms. The molecule has 0 radical (unpaired) electrons. The first kappa shape index (κ1) is 20.0. The topological polar surface area (TPSA) is 58.2 Å². The lowest BCUT2D eigenvalue weighted by atomic mass is 9.92. The number of carbonyl (C=O) groups excluding carboxylic acids is 2. The fourth-order valence-electron chi connectivity index (χ4n) is 2.37. The maximum absolute atomic E-state index is 12.1. The molecule has 26 heavy (non-hydrogen) atoms. The Balaban J connectivity index is 1.82. The summed E-state index contributed by atoms with van der Waals surface area (Å²) >= 11 is 1.47. The predicted octanol–water partition coefficient (Wildman–Crippen LogP) is 5.10. The first-order valence-corrected chi connectivity index (χ1v) is 9.60. The van der Waals surface area contributed by atoms with Crippen molar-refractivity contribution in [2.24, 2.45) is 5.41 Å². The van der Waals surface area contributed by atoms with Crippen LogP contribution in [0, 0.1) is 12.3 Å². The van der Waals surface area contributed by atoms with Crippen molar-refractivity contribution in [3.8, 4) is 0 Å². The zero-order valence-corrected chi connectivity index (χ0v) is 16.6. The van der Waals surface area contributed by atoms with E-state index in [1.54, 1.807) is 0 Å². The minimum absolute atomic E-state index is 0.00973. The Bertz CT molecular complexity index is 764. The zero-order valence-electron chi connectivity index (χ0n) is 15.8. The minimum atomic E-state index is -0.0374. The van der Waals surface area contributed by atoms with Gasteiger partial charge in [0.2, 0.25) is 11.8 Å². The van der Waals surface area contributed by atoms with Gasteiger partial charge in [-0.15, -0.1) is 11.8 Å². The fourth-order valence-corrected chi connectivity index (χ4v) is 3.07. The summed E-state index contributed by atoms with van der Waals surface area (Å²) in [5.74, 6) is 0.312. The standard InChI is InChI=1S/C21H26N2O2S/c1-15-7-5-6-8-18(15)23-20(25)14-26-17-11-9-16(10-12-17)22-19(24)13-21(2,3)4/h5-12H,13-14H2,1-4H3,(H,22,24)(H,23,25). The highest BCUT2D eigenvalue weighted by Crippen LogP contribution is 2.23. The number of rotatable bonds is 6. The molecule has 0 saturated carbocycles. The number of aryl methyl sites for hydroxylation is 1. The fraction of sp³-hybridized carbons (Fsp3) is 0.333. The molecule has 0 atom stereocenters. The Morgan fingerprint density at radius 1 is 0.923 bits per heavy atom. The lowest BCUT2D eigenvalue weighted by Gasteiger charge is -2.17. The number of benzene rings is 2. The molecule has 0 spiro atoms. The van der Waals surface area contributed by atoms with E-state index in [1.807, 2.05) is 76.2 Å². The average molecular weight is 371 g/mol. The number of amides is 2. The van der Waals surface area contributed by atoms with Crippen molar-refractivity contribution in [2.75, 3.05) is 16.4 Å². The molecule has 0 bridgehead atoms. The number of para-hydroxylation sites is 1. The van der Waals surface area contributed by atoms with E-state index in [-0.39, 0.29) is 17.2 Å². The summed E-state index contributed by atoms with van der Waals surface area (Å²) in [7, 11) is 0. The molecule has 0 heterocycles. The van der Waals surface area contributed by atoms with Gasteiger partial charge in [0.15, 0.2) is 0 Å². The van der Waals surface area contributed by atoms with E-state index in [0.717, 1.165) is 21.8 Å². The van der Waals surface area contributed by atoms with Gasteiger partial charge in [0.25, 0.3) is 0 Å². The number of thioether (sulfide) groups is 1. The molecule has 0 aromatic heterocycles. The van der Waals surface area contributed by atoms with E-state index in [0.29, 0.717) is 12.2 Å². The van der Waals surface area contributed by atoms with Gasteiger partial charge < -0.3 is 10.6 Å². The van der Waals surface area contributed by atoms with E-state index in [2.05, 4.69) is 10.6 Å². The van der Waals surface area contributed by atoms with E-state index in [1.165, 1.54) is 11.8 Å². The van der Waals surface area contributed by atoms with Crippen LogP contribution in [0.1, 0.15) is 32.8 Å². The maximum Gasteiger partial charge on any atom is 0.234 e. The summed E-state index contributed by atoms with van der Waals surface area (Å²) in [6.07, 6.45) is 0.475. The summed E-state index contributed by atoms with van der Waals surface area (Å²) in [5, 5.41) is 5.82. The smallest absolute Gasteiger partial charge is 0.234 e. The van der Waals surface area contributed by atoms with Gasteiger partial charge in [0, 0.05) is 22.7 Å². The van der Waals surface area contributed by atoms with E-state index in [4.69, 9.17) is 0 Å². The van der Waals surface area contributed by atoms with Gasteiger partial charge in [0.1, 0.15) is 0 Å². The maximum atomic E-state index is 12.1. The highest BCUT2D eigenvalue weighted by Gasteiger charge is 2.15. The molecule has 2 aromatic carbocycles. The van der Waals surface area contributed by atoms with E-state index >= 15 is 0 Å². The van der Waals surface area contributed by atoms with E-state index in [9.17, 15) is 9.59 Å². The van der Waals surface area contributed by atoms with Crippen LogP contribution in [0.4, 0.5) is 11.4 Å². The van der Waals surface area contributed by atoms with Crippen LogP contribution in [0.25, 0.3) is 0 Å². The second-order valence-electron chi connectivity index (χ2n) is 7.46. The molecule has 0 saturated heterocycles. The number of hydrogen-bond acceptors (Lipinski definition) is 3. The highest BCUT2D eigenvalue weighted by molar-refractivity contribution is 8.00. The van der Waals surface area contributed by atoms with Gasteiger partial charge in [-0.1, -0.05) is 39.0 Å². The third kappa shape index (κ3) is 6.92. The molecule has 2 aromatic rings. The van der Waals surface area contributed by atoms with Crippen molar-refractivity contribution < 1.29 is 9.59 Å². The quantitative estimate of drug-likeness (QED) is 0.696. The van der Waals surface area contributed by atoms with Gasteiger partial charge in [0.05, 0.1) is 5.75 Å². The van der Waals surface area contributed by atoms with Gasteiger partial charge in [-0.05, 0) is 48.2 Å². The number of carbonyl (C=O) groups is 2. The van der Waals surface area contributed by atoms with Crippen molar-refractivity contribution in [3.63, 3.8) is 0 Å². The van der Waals surface area contributed by atoms with Crippen LogP contribution in [0.2, 0.25) is 0 Å². The van der Waals surface area contributed by atoms with Gasteiger partial charge >= 0.3 is 0 Å². The highest BCUT2D eigenvalue weighted by atomic mass is 32.2. The molecule has 0 fully saturated rings. The van der Waals surface area contributed by atoms with Gasteiger partial charge in [-0.3, -0.25) is 9.59 Å². The van der Waals surface area contributed by atoms with Crippen LogP contribution in [-0.2, 0) is 9.59 Å². The van der Waals surface area contributed by atoms with Crippen LogP contribution in [0.3, 0.4) is 0 Å². The van der Waals surface area contributed by atoms with Crippen molar-refractivity contribution in [2.45, 2.75) is 39.0 Å². The Kier molecular flexibility index (Phi) is 6.86. The number of nitrogens with one attached hydrogen (secondary N) is 2. The van der Waals surface area contributed by atoms with E-state index < -0.39 is 0 Å². The minimum Gasteiger partial charge on any atom is -0.326 e. The first-order chi connectivity index (χ1) is 12.2. The van der Waals surface area contributed by atoms with Crippen LogP contribution in [0.5, 0.6) is 0 Å². The Morgan fingerprint density at radius 2 is 1.58 bits per heavy atom. The molecule has 2 rings (SSSR count). The number of anilines is 2. The molecular formula is C21H26N2O2S. The Hall–Kier alpha value is -2.27. The van der Waals surface area contributed by atoms with Crippen molar-refractivity contribution in [1.29, 1.82) is 0 Å². The molecule has 138 valence electrons. The molecule has 0 aliphatic rings. The average Bonchev–Trinajstić information content (AvgIpc) is 2.54. The van der Waals surface area contributed by atoms with Crippen LogP contribution in [0.15, 0.2) is 53.4 Å². The van der Waals surface area contributed by atoms with Crippen LogP contribution < -0.4 is 10.6 Å². The van der Waals surface area contributed by atoms with Crippen molar-refractivity contribution in [3.05, 3.63) is 54.1 Å². The molecule has 2 amide bonds.